The van der Waals surface area contributed by atoms with Crippen LogP contribution < -0.4 is 0 Å². The molecule has 0 atom stereocenters. The van der Waals surface area contributed by atoms with Crippen molar-refractivity contribution >= 4 is 68.1 Å². The number of hydrogen-bond donors (Lipinski definition) is 0. The predicted octanol–water partition coefficient (Wildman–Crippen LogP) is 8.43. The summed E-state index contributed by atoms with van der Waals surface area (Å²) in [5, 5.41) is 0. The SMILES string of the molecule is Cc1cc(C)c(C)cc1C.[Cl][Zr]([Cl])([Cl])[Cl].[Cl][Zr]([Cl])([Cl])[Cl]. The number of halogens is 8. The minimum atomic E-state index is -3.29. The molecule has 0 heterocycles. The average Bonchev–Trinajstić information content (AvgIpc) is 2.09. The molecule has 1 aromatic carbocycles. The second kappa shape index (κ2) is 11.8. The van der Waals surface area contributed by atoms with E-state index in [4.69, 9.17) is 68.1 Å². The first-order valence-corrected chi connectivity index (χ1v) is 30.5. The summed E-state index contributed by atoms with van der Waals surface area (Å²) in [4.78, 5) is 0. The van der Waals surface area contributed by atoms with E-state index in [9.17, 15) is 0 Å². The molecule has 0 nitrogen and oxygen atoms in total. The van der Waals surface area contributed by atoms with Gasteiger partial charge in [-0.3, -0.25) is 0 Å². The van der Waals surface area contributed by atoms with Crippen LogP contribution in [0.25, 0.3) is 0 Å². The van der Waals surface area contributed by atoms with Gasteiger partial charge in [0.15, 0.2) is 0 Å². The van der Waals surface area contributed by atoms with E-state index in [2.05, 4.69) is 39.8 Å². The summed E-state index contributed by atoms with van der Waals surface area (Å²) in [6.45, 7) is 8.62. The van der Waals surface area contributed by atoms with Gasteiger partial charge in [0, 0.05) is 0 Å². The summed E-state index contributed by atoms with van der Waals surface area (Å²) in [5.41, 5.74) is 5.57. The zero-order chi connectivity index (χ0) is 16.7. The van der Waals surface area contributed by atoms with Gasteiger partial charge in [0.05, 0.1) is 0 Å². The van der Waals surface area contributed by atoms with Crippen LogP contribution in [0.1, 0.15) is 22.3 Å². The summed E-state index contributed by atoms with van der Waals surface area (Å²) in [5.74, 6) is 0. The van der Waals surface area contributed by atoms with Crippen LogP contribution in [0.15, 0.2) is 12.1 Å². The number of hydrogen-bond acceptors (Lipinski definition) is 0. The number of aryl methyl sites for hydroxylation is 4. The molecule has 0 spiro atoms. The van der Waals surface area contributed by atoms with Crippen LogP contribution >= 0.6 is 68.1 Å². The van der Waals surface area contributed by atoms with E-state index in [1.165, 1.54) is 22.3 Å². The van der Waals surface area contributed by atoms with Crippen molar-refractivity contribution in [2.24, 2.45) is 0 Å². The minimum absolute atomic E-state index is 1.39. The van der Waals surface area contributed by atoms with Gasteiger partial charge >= 0.3 is 99.1 Å². The van der Waals surface area contributed by atoms with Crippen LogP contribution in [0.2, 0.25) is 0 Å². The topological polar surface area (TPSA) is 0 Å². The molecule has 0 amide bonds. The van der Waals surface area contributed by atoms with E-state index in [0.717, 1.165) is 0 Å². The van der Waals surface area contributed by atoms with Gasteiger partial charge in [-0.25, -0.2) is 0 Å². The van der Waals surface area contributed by atoms with Gasteiger partial charge < -0.3 is 0 Å². The van der Waals surface area contributed by atoms with E-state index in [0.29, 0.717) is 0 Å². The van der Waals surface area contributed by atoms with Gasteiger partial charge in [0.2, 0.25) is 0 Å². The fourth-order valence-electron chi connectivity index (χ4n) is 1.10. The molecule has 0 aromatic heterocycles. The van der Waals surface area contributed by atoms with Crippen molar-refractivity contribution in [2.45, 2.75) is 27.7 Å². The molecule has 0 N–H and O–H groups in total. The van der Waals surface area contributed by atoms with Crippen molar-refractivity contribution in [2.75, 3.05) is 0 Å². The first-order valence-electron chi connectivity index (χ1n) is 5.17. The second-order valence-corrected chi connectivity index (χ2v) is 48.7. The number of rotatable bonds is 0. The Hall–Kier alpha value is 3.31. The zero-order valence-corrected chi connectivity index (χ0v) is 22.1. The molecule has 0 fully saturated rings. The number of benzene rings is 1. The van der Waals surface area contributed by atoms with Crippen molar-refractivity contribution in [3.8, 4) is 0 Å². The molecule has 0 saturated heterocycles. The van der Waals surface area contributed by atoms with Crippen LogP contribution in [-0.2, 0) is 31.0 Å². The summed E-state index contributed by atoms with van der Waals surface area (Å²) in [7, 11) is 40.3. The third kappa shape index (κ3) is 23.6. The summed E-state index contributed by atoms with van der Waals surface area (Å²) < 4.78 is 0. The molecule has 0 bridgehead atoms. The van der Waals surface area contributed by atoms with Gasteiger partial charge in [-0.15, -0.1) is 0 Å². The molecule has 0 aliphatic rings. The summed E-state index contributed by atoms with van der Waals surface area (Å²) in [6.07, 6.45) is 0. The van der Waals surface area contributed by atoms with Gasteiger partial charge in [0.1, 0.15) is 0 Å². The Morgan fingerprint density at radius 3 is 0.700 bits per heavy atom. The Morgan fingerprint density at radius 1 is 0.500 bits per heavy atom. The van der Waals surface area contributed by atoms with Crippen LogP contribution in [0.5, 0.6) is 0 Å². The Balaban J connectivity index is 0. The van der Waals surface area contributed by atoms with Crippen LogP contribution in [0.4, 0.5) is 0 Å². The van der Waals surface area contributed by atoms with Crippen LogP contribution in [-0.4, -0.2) is 0 Å². The van der Waals surface area contributed by atoms with E-state index >= 15 is 0 Å². The molecule has 0 saturated carbocycles. The fourth-order valence-corrected chi connectivity index (χ4v) is 1.10. The van der Waals surface area contributed by atoms with E-state index < -0.39 is 31.0 Å². The average molecular weight is 600 g/mol. The quantitative estimate of drug-likeness (QED) is 0.281. The predicted molar refractivity (Wildman–Crippen MR) is 92.2 cm³/mol. The molecule has 118 valence electrons. The van der Waals surface area contributed by atoms with E-state index in [1.807, 2.05) is 0 Å². The molecule has 0 aliphatic heterocycles. The van der Waals surface area contributed by atoms with Crippen molar-refractivity contribution in [1.82, 2.24) is 0 Å². The molecule has 1 rings (SSSR count). The van der Waals surface area contributed by atoms with Crippen LogP contribution in [0.3, 0.4) is 0 Å². The third-order valence-corrected chi connectivity index (χ3v) is 2.11. The third-order valence-electron chi connectivity index (χ3n) is 2.11. The van der Waals surface area contributed by atoms with Crippen LogP contribution in [0, 0.1) is 27.7 Å². The molecule has 10 heteroatoms. The Labute approximate surface area is 158 Å². The molecule has 1 aromatic rings. The van der Waals surface area contributed by atoms with E-state index in [-0.39, 0.29) is 0 Å². The first-order chi connectivity index (χ1) is 8.61. The fraction of sp³-hybridized carbons (Fsp3) is 0.400. The maximum atomic E-state index is 5.04. The maximum absolute atomic E-state index is 5.04. The normalized spacial score (nSPS) is 11.0. The summed E-state index contributed by atoms with van der Waals surface area (Å²) >= 11 is -6.58. The van der Waals surface area contributed by atoms with E-state index in [1.54, 1.807) is 0 Å². The molecular weight excluding hydrogens is 586 g/mol. The molecule has 0 unspecified atom stereocenters. The first kappa shape index (κ1) is 25.5. The zero-order valence-electron chi connectivity index (χ0n) is 11.2. The van der Waals surface area contributed by atoms with Crippen molar-refractivity contribution in [1.29, 1.82) is 0 Å². The Bertz CT molecular complexity index is 337. The standard InChI is InChI=1S/C10H14.8ClH.2Zr/c1-7-5-9(3)10(4)6-8(7)2;;;;;;;;;;/h5-6H,1-4H3;8*1H;;/q;;;;;;;;;2*+4/p-8. The van der Waals surface area contributed by atoms with Crippen molar-refractivity contribution < 1.29 is 31.0 Å². The second-order valence-electron chi connectivity index (χ2n) is 3.88. The molecule has 0 radical (unpaired) electrons. The monoisotopic (exact) mass is 594 g/mol. The summed E-state index contributed by atoms with van der Waals surface area (Å²) in [6, 6.07) is 4.48. The molecular formula is C10H14Cl8Zr2. The molecule has 20 heavy (non-hydrogen) atoms. The Kier molecular flexibility index (Phi) is 15.1. The van der Waals surface area contributed by atoms with Gasteiger partial charge in [-0.2, -0.15) is 0 Å². The Morgan fingerprint density at radius 2 is 0.600 bits per heavy atom. The van der Waals surface area contributed by atoms with Crippen molar-refractivity contribution in [3.63, 3.8) is 0 Å². The molecule has 0 aliphatic carbocycles. The van der Waals surface area contributed by atoms with Gasteiger partial charge in [-0.05, 0) is 49.9 Å². The van der Waals surface area contributed by atoms with Gasteiger partial charge in [0.25, 0.3) is 0 Å². The van der Waals surface area contributed by atoms with Crippen molar-refractivity contribution in [3.05, 3.63) is 34.4 Å². The van der Waals surface area contributed by atoms with Gasteiger partial charge in [-0.1, -0.05) is 12.1 Å².